The Bertz CT molecular complexity index is 235. The number of aliphatic carboxylic acids is 1. The zero-order chi connectivity index (χ0) is 12.1. The molecule has 0 saturated carbocycles. The minimum atomic E-state index is -0.989. The number of carboxylic acids is 1. The Kier molecular flexibility index (Phi) is 5.24. The third-order valence-corrected chi connectivity index (χ3v) is 1.56. The highest BCUT2D eigenvalue weighted by molar-refractivity contribution is 5.76. The van der Waals surface area contributed by atoms with Crippen LogP contribution in [0.25, 0.3) is 0 Å². The van der Waals surface area contributed by atoms with Gasteiger partial charge in [0.2, 0.25) is 0 Å². The molecule has 0 bridgehead atoms. The number of hydrogen-bond donors (Lipinski definition) is 3. The first kappa shape index (κ1) is 13.9. The van der Waals surface area contributed by atoms with E-state index >= 15 is 0 Å². The molecule has 0 aliphatic heterocycles. The molecule has 0 aromatic heterocycles. The standard InChI is InChI=1S/C9H18N2O4/c1-9(2,11)5-15-8(14)6(10)3-4-7(12)13/h6H,3-5,10-11H2,1-2H3,(H,12,13). The zero-order valence-corrected chi connectivity index (χ0v) is 9.03. The Morgan fingerprint density at radius 2 is 2.00 bits per heavy atom. The van der Waals surface area contributed by atoms with Crippen LogP contribution in [0.15, 0.2) is 0 Å². The molecule has 1 unspecified atom stereocenters. The van der Waals surface area contributed by atoms with E-state index in [1.807, 2.05) is 0 Å². The molecule has 6 heteroatoms. The first-order valence-electron chi connectivity index (χ1n) is 4.65. The summed E-state index contributed by atoms with van der Waals surface area (Å²) in [6.07, 6.45) is -0.0819. The molecule has 0 aromatic rings. The van der Waals surface area contributed by atoms with Gasteiger partial charge in [-0.2, -0.15) is 0 Å². The summed E-state index contributed by atoms with van der Waals surface area (Å²) in [6, 6.07) is -0.900. The van der Waals surface area contributed by atoms with E-state index in [1.165, 1.54) is 0 Å². The molecule has 0 amide bonds. The number of ether oxygens (including phenoxy) is 1. The lowest BCUT2D eigenvalue weighted by Crippen LogP contribution is -2.41. The molecule has 0 rings (SSSR count). The fourth-order valence-electron chi connectivity index (χ4n) is 0.761. The van der Waals surface area contributed by atoms with Gasteiger partial charge in [-0.05, 0) is 20.3 Å². The van der Waals surface area contributed by atoms with Crippen molar-refractivity contribution in [3.05, 3.63) is 0 Å². The minimum absolute atomic E-state index is 0.0621. The third kappa shape index (κ3) is 7.90. The second-order valence-corrected chi connectivity index (χ2v) is 4.14. The number of esters is 1. The number of rotatable bonds is 6. The van der Waals surface area contributed by atoms with E-state index in [0.29, 0.717) is 0 Å². The molecular weight excluding hydrogens is 200 g/mol. The van der Waals surface area contributed by atoms with Gasteiger partial charge in [0.1, 0.15) is 12.6 Å². The predicted molar refractivity (Wildman–Crippen MR) is 54.1 cm³/mol. The second kappa shape index (κ2) is 5.67. The number of carboxylic acid groups (broad SMARTS) is 1. The second-order valence-electron chi connectivity index (χ2n) is 4.14. The van der Waals surface area contributed by atoms with Crippen LogP contribution in [0.5, 0.6) is 0 Å². The van der Waals surface area contributed by atoms with Gasteiger partial charge < -0.3 is 21.3 Å². The normalized spacial score (nSPS) is 13.3. The molecule has 5 N–H and O–H groups in total. The Morgan fingerprint density at radius 1 is 1.47 bits per heavy atom. The van der Waals surface area contributed by atoms with Crippen LogP contribution < -0.4 is 11.5 Å². The molecule has 0 fully saturated rings. The molecular formula is C9H18N2O4. The number of nitrogens with two attached hydrogens (primary N) is 2. The van der Waals surface area contributed by atoms with Crippen molar-refractivity contribution in [2.45, 2.75) is 38.3 Å². The summed E-state index contributed by atoms with van der Waals surface area (Å²) in [6.45, 7) is 3.48. The lowest BCUT2D eigenvalue weighted by molar-refractivity contribution is -0.147. The largest absolute Gasteiger partial charge is 0.481 e. The maximum atomic E-state index is 11.2. The molecule has 0 saturated heterocycles. The van der Waals surface area contributed by atoms with Crippen LogP contribution in [0.4, 0.5) is 0 Å². The molecule has 1 atom stereocenters. The summed E-state index contributed by atoms with van der Waals surface area (Å²) in [4.78, 5) is 21.4. The van der Waals surface area contributed by atoms with Crippen molar-refractivity contribution in [1.29, 1.82) is 0 Å². The van der Waals surface area contributed by atoms with Crippen molar-refractivity contribution in [3.8, 4) is 0 Å². The van der Waals surface area contributed by atoms with Gasteiger partial charge in [-0.15, -0.1) is 0 Å². The molecule has 6 nitrogen and oxygen atoms in total. The number of carbonyl (C=O) groups excluding carboxylic acids is 1. The van der Waals surface area contributed by atoms with Crippen molar-refractivity contribution in [1.82, 2.24) is 0 Å². The van der Waals surface area contributed by atoms with Crippen molar-refractivity contribution in [2.75, 3.05) is 6.61 Å². The van der Waals surface area contributed by atoms with Crippen LogP contribution in [0.2, 0.25) is 0 Å². The molecule has 0 radical (unpaired) electrons. The maximum absolute atomic E-state index is 11.2. The average Bonchev–Trinajstić information content (AvgIpc) is 2.08. The summed E-state index contributed by atoms with van der Waals surface area (Å²) >= 11 is 0. The summed E-state index contributed by atoms with van der Waals surface area (Å²) in [5.74, 6) is -1.60. The van der Waals surface area contributed by atoms with Crippen LogP contribution >= 0.6 is 0 Å². The van der Waals surface area contributed by atoms with Gasteiger partial charge in [0.25, 0.3) is 0 Å². The lowest BCUT2D eigenvalue weighted by Gasteiger charge is -2.19. The minimum Gasteiger partial charge on any atom is -0.481 e. The van der Waals surface area contributed by atoms with E-state index in [9.17, 15) is 9.59 Å². The van der Waals surface area contributed by atoms with Crippen molar-refractivity contribution < 1.29 is 19.4 Å². The van der Waals surface area contributed by atoms with Gasteiger partial charge in [-0.25, -0.2) is 0 Å². The molecule has 0 spiro atoms. The fraction of sp³-hybridized carbons (Fsp3) is 0.778. The van der Waals surface area contributed by atoms with Crippen LogP contribution in [0.3, 0.4) is 0 Å². The fourth-order valence-corrected chi connectivity index (χ4v) is 0.761. The van der Waals surface area contributed by atoms with Crippen molar-refractivity contribution in [2.24, 2.45) is 11.5 Å². The zero-order valence-electron chi connectivity index (χ0n) is 9.03. The Morgan fingerprint density at radius 3 is 2.40 bits per heavy atom. The van der Waals surface area contributed by atoms with Gasteiger partial charge in [0, 0.05) is 12.0 Å². The Balaban J connectivity index is 3.84. The average molecular weight is 218 g/mol. The molecule has 0 aliphatic carbocycles. The first-order valence-corrected chi connectivity index (χ1v) is 4.65. The molecule has 88 valence electrons. The van der Waals surface area contributed by atoms with Crippen molar-refractivity contribution in [3.63, 3.8) is 0 Å². The van der Waals surface area contributed by atoms with E-state index in [-0.39, 0.29) is 19.4 Å². The number of hydrogen-bond acceptors (Lipinski definition) is 5. The SMILES string of the molecule is CC(C)(N)COC(=O)C(N)CCC(=O)O. The predicted octanol–water partition coefficient (Wildman–Crippen LogP) is -0.541. The van der Waals surface area contributed by atoms with Crippen LogP contribution in [-0.4, -0.2) is 35.2 Å². The highest BCUT2D eigenvalue weighted by Crippen LogP contribution is 2.01. The van der Waals surface area contributed by atoms with Gasteiger partial charge in [0.15, 0.2) is 0 Å². The highest BCUT2D eigenvalue weighted by atomic mass is 16.5. The quantitative estimate of drug-likeness (QED) is 0.515. The van der Waals surface area contributed by atoms with E-state index in [4.69, 9.17) is 21.3 Å². The van der Waals surface area contributed by atoms with E-state index in [0.717, 1.165) is 0 Å². The molecule has 0 aromatic carbocycles. The summed E-state index contributed by atoms with van der Waals surface area (Å²) in [5, 5.41) is 8.38. The van der Waals surface area contributed by atoms with E-state index < -0.39 is 23.5 Å². The van der Waals surface area contributed by atoms with Crippen LogP contribution in [0.1, 0.15) is 26.7 Å². The molecule has 15 heavy (non-hydrogen) atoms. The molecule has 0 heterocycles. The van der Waals surface area contributed by atoms with Gasteiger partial charge >= 0.3 is 11.9 Å². The summed E-state index contributed by atoms with van der Waals surface area (Å²) in [7, 11) is 0. The maximum Gasteiger partial charge on any atom is 0.322 e. The summed E-state index contributed by atoms with van der Waals surface area (Å²) in [5.41, 5.74) is 10.4. The van der Waals surface area contributed by atoms with Gasteiger partial charge in [0.05, 0.1) is 0 Å². The van der Waals surface area contributed by atoms with E-state index in [2.05, 4.69) is 0 Å². The third-order valence-electron chi connectivity index (χ3n) is 1.56. The van der Waals surface area contributed by atoms with Crippen LogP contribution in [0, 0.1) is 0 Å². The smallest absolute Gasteiger partial charge is 0.322 e. The van der Waals surface area contributed by atoms with Crippen molar-refractivity contribution >= 4 is 11.9 Å². The van der Waals surface area contributed by atoms with E-state index in [1.54, 1.807) is 13.8 Å². The first-order chi connectivity index (χ1) is 6.72. The Hall–Kier alpha value is -1.14. The Labute approximate surface area is 88.6 Å². The van der Waals surface area contributed by atoms with Gasteiger partial charge in [-0.3, -0.25) is 9.59 Å². The topological polar surface area (TPSA) is 116 Å². The lowest BCUT2D eigenvalue weighted by atomic mass is 10.1. The monoisotopic (exact) mass is 218 g/mol. The molecule has 0 aliphatic rings. The highest BCUT2D eigenvalue weighted by Gasteiger charge is 2.19. The number of carbonyl (C=O) groups is 2. The van der Waals surface area contributed by atoms with Crippen LogP contribution in [-0.2, 0) is 14.3 Å². The summed E-state index contributed by atoms with van der Waals surface area (Å²) < 4.78 is 4.82. The van der Waals surface area contributed by atoms with Gasteiger partial charge in [-0.1, -0.05) is 0 Å².